The molecule has 0 saturated heterocycles. The van der Waals surface area contributed by atoms with Crippen molar-refractivity contribution in [3.63, 3.8) is 0 Å². The van der Waals surface area contributed by atoms with Gasteiger partial charge in [-0.25, -0.2) is 0 Å². The summed E-state index contributed by atoms with van der Waals surface area (Å²) in [5.41, 5.74) is 1.12. The highest BCUT2D eigenvalue weighted by Gasteiger charge is 2.03. The lowest BCUT2D eigenvalue weighted by Gasteiger charge is -2.11. The molecule has 0 N–H and O–H groups in total. The summed E-state index contributed by atoms with van der Waals surface area (Å²) >= 11 is 3.45. The van der Waals surface area contributed by atoms with Gasteiger partial charge in [-0.05, 0) is 36.8 Å². The summed E-state index contributed by atoms with van der Waals surface area (Å²) in [6.07, 6.45) is 0. The molecule has 2 aromatic rings. The van der Waals surface area contributed by atoms with Crippen LogP contribution in [0.4, 0.5) is 0 Å². The van der Waals surface area contributed by atoms with Gasteiger partial charge >= 0.3 is 0 Å². The molecule has 2 aromatic carbocycles. The van der Waals surface area contributed by atoms with Crippen LogP contribution in [0.1, 0.15) is 12.5 Å². The van der Waals surface area contributed by atoms with Crippen molar-refractivity contribution in [3.8, 4) is 11.5 Å². The Morgan fingerprint density at radius 2 is 1.67 bits per heavy atom. The molecule has 0 atom stereocenters. The van der Waals surface area contributed by atoms with E-state index in [2.05, 4.69) is 15.9 Å². The maximum absolute atomic E-state index is 5.78. The number of para-hydroxylation sites is 2. The molecule has 0 aromatic heterocycles. The van der Waals surface area contributed by atoms with Crippen molar-refractivity contribution in [3.05, 3.63) is 58.6 Å². The van der Waals surface area contributed by atoms with Crippen molar-refractivity contribution in [2.24, 2.45) is 0 Å². The third-order valence-electron chi connectivity index (χ3n) is 2.43. The maximum Gasteiger partial charge on any atom is 0.161 e. The van der Waals surface area contributed by atoms with Crippen molar-refractivity contribution >= 4 is 15.9 Å². The summed E-state index contributed by atoms with van der Waals surface area (Å²) in [7, 11) is 0. The molecule has 0 unspecified atom stereocenters. The van der Waals surface area contributed by atoms with Gasteiger partial charge in [0.25, 0.3) is 0 Å². The molecule has 0 aliphatic carbocycles. The zero-order chi connectivity index (χ0) is 12.8. The van der Waals surface area contributed by atoms with E-state index in [9.17, 15) is 0 Å². The minimum absolute atomic E-state index is 0.531. The summed E-state index contributed by atoms with van der Waals surface area (Å²) in [4.78, 5) is 0. The van der Waals surface area contributed by atoms with Crippen LogP contribution in [0.3, 0.4) is 0 Å². The monoisotopic (exact) mass is 306 g/mol. The van der Waals surface area contributed by atoms with Crippen LogP contribution in [0.15, 0.2) is 53.0 Å². The molecule has 0 radical (unpaired) electrons. The molecule has 0 saturated carbocycles. The molecular formula is C15H15BrO2. The summed E-state index contributed by atoms with van der Waals surface area (Å²) in [5.74, 6) is 1.56. The third-order valence-corrected chi connectivity index (χ3v) is 2.93. The topological polar surface area (TPSA) is 18.5 Å². The van der Waals surface area contributed by atoms with E-state index in [0.717, 1.165) is 21.5 Å². The van der Waals surface area contributed by atoms with E-state index in [1.807, 2.05) is 55.5 Å². The van der Waals surface area contributed by atoms with Gasteiger partial charge in [0.15, 0.2) is 11.5 Å². The molecule has 94 valence electrons. The minimum Gasteiger partial charge on any atom is -0.490 e. The van der Waals surface area contributed by atoms with Crippen LogP contribution in [0.25, 0.3) is 0 Å². The minimum atomic E-state index is 0.531. The molecule has 2 nitrogen and oxygen atoms in total. The zero-order valence-electron chi connectivity index (χ0n) is 10.2. The first-order valence-corrected chi connectivity index (χ1v) is 6.68. The molecule has 0 spiro atoms. The summed E-state index contributed by atoms with van der Waals surface area (Å²) in [5, 5.41) is 0. The highest BCUT2D eigenvalue weighted by Crippen LogP contribution is 2.27. The predicted molar refractivity (Wildman–Crippen MR) is 76.1 cm³/mol. The molecular weight excluding hydrogens is 292 g/mol. The number of benzene rings is 2. The van der Waals surface area contributed by atoms with Gasteiger partial charge in [0, 0.05) is 4.47 Å². The molecule has 0 bridgehead atoms. The average Bonchev–Trinajstić information content (AvgIpc) is 2.38. The van der Waals surface area contributed by atoms with Gasteiger partial charge < -0.3 is 9.47 Å². The number of ether oxygens (including phenoxy) is 2. The van der Waals surface area contributed by atoms with E-state index in [1.165, 1.54) is 0 Å². The fraction of sp³-hybridized carbons (Fsp3) is 0.200. The van der Waals surface area contributed by atoms with E-state index >= 15 is 0 Å². The maximum atomic E-state index is 5.78. The van der Waals surface area contributed by atoms with Gasteiger partial charge in [-0.1, -0.05) is 40.2 Å². The van der Waals surface area contributed by atoms with Gasteiger partial charge in [0.1, 0.15) is 6.61 Å². The van der Waals surface area contributed by atoms with Gasteiger partial charge in [-0.2, -0.15) is 0 Å². The predicted octanol–water partition coefficient (Wildman–Crippen LogP) is 4.43. The quantitative estimate of drug-likeness (QED) is 0.813. The molecule has 0 fully saturated rings. The van der Waals surface area contributed by atoms with E-state index < -0.39 is 0 Å². The van der Waals surface area contributed by atoms with Crippen LogP contribution in [0.5, 0.6) is 11.5 Å². The van der Waals surface area contributed by atoms with Gasteiger partial charge in [-0.3, -0.25) is 0 Å². The zero-order valence-corrected chi connectivity index (χ0v) is 11.8. The van der Waals surface area contributed by atoms with Gasteiger partial charge in [0.05, 0.1) is 6.61 Å². The Bertz CT molecular complexity index is 511. The normalized spacial score (nSPS) is 10.1. The first kappa shape index (κ1) is 13.0. The first-order chi connectivity index (χ1) is 8.79. The Morgan fingerprint density at radius 3 is 2.33 bits per heavy atom. The van der Waals surface area contributed by atoms with Crippen molar-refractivity contribution in [2.75, 3.05) is 6.61 Å². The molecule has 18 heavy (non-hydrogen) atoms. The highest BCUT2D eigenvalue weighted by molar-refractivity contribution is 9.10. The van der Waals surface area contributed by atoms with E-state index in [4.69, 9.17) is 9.47 Å². The van der Waals surface area contributed by atoms with E-state index in [-0.39, 0.29) is 0 Å². The molecule has 0 aliphatic heterocycles. The second kappa shape index (κ2) is 6.45. The Balaban J connectivity index is 2.06. The van der Waals surface area contributed by atoms with E-state index in [1.54, 1.807) is 0 Å². The van der Waals surface area contributed by atoms with Gasteiger partial charge in [0.2, 0.25) is 0 Å². The molecule has 2 rings (SSSR count). The lowest BCUT2D eigenvalue weighted by molar-refractivity contribution is 0.269. The Kier molecular flexibility index (Phi) is 4.65. The SMILES string of the molecule is CCOc1ccccc1OCc1cccc(Br)c1. The fourth-order valence-corrected chi connectivity index (χ4v) is 2.08. The summed E-state index contributed by atoms with van der Waals surface area (Å²) in [6.45, 7) is 3.13. The number of hydrogen-bond acceptors (Lipinski definition) is 2. The van der Waals surface area contributed by atoms with Crippen LogP contribution in [0.2, 0.25) is 0 Å². The largest absolute Gasteiger partial charge is 0.490 e. The Morgan fingerprint density at radius 1 is 0.944 bits per heavy atom. The molecule has 0 aliphatic rings. The third kappa shape index (κ3) is 3.50. The van der Waals surface area contributed by atoms with Crippen molar-refractivity contribution in [1.82, 2.24) is 0 Å². The van der Waals surface area contributed by atoms with Crippen molar-refractivity contribution < 1.29 is 9.47 Å². The second-order valence-electron chi connectivity index (χ2n) is 3.80. The number of rotatable bonds is 5. The molecule has 0 amide bonds. The number of halogens is 1. The molecule has 0 heterocycles. The Labute approximate surface area is 116 Å². The summed E-state index contributed by atoms with van der Waals surface area (Å²) in [6, 6.07) is 15.8. The number of hydrogen-bond donors (Lipinski definition) is 0. The summed E-state index contributed by atoms with van der Waals surface area (Å²) < 4.78 is 12.4. The van der Waals surface area contributed by atoms with Gasteiger partial charge in [-0.15, -0.1) is 0 Å². The lowest BCUT2D eigenvalue weighted by atomic mass is 10.2. The van der Waals surface area contributed by atoms with Crippen LogP contribution in [-0.2, 0) is 6.61 Å². The first-order valence-electron chi connectivity index (χ1n) is 5.88. The fourth-order valence-electron chi connectivity index (χ4n) is 1.63. The van der Waals surface area contributed by atoms with Crippen LogP contribution in [-0.4, -0.2) is 6.61 Å². The second-order valence-corrected chi connectivity index (χ2v) is 4.71. The van der Waals surface area contributed by atoms with Crippen LogP contribution in [0, 0.1) is 0 Å². The van der Waals surface area contributed by atoms with E-state index in [0.29, 0.717) is 13.2 Å². The highest BCUT2D eigenvalue weighted by atomic mass is 79.9. The van der Waals surface area contributed by atoms with Crippen molar-refractivity contribution in [2.45, 2.75) is 13.5 Å². The lowest BCUT2D eigenvalue weighted by Crippen LogP contribution is -1.99. The van der Waals surface area contributed by atoms with Crippen molar-refractivity contribution in [1.29, 1.82) is 0 Å². The van der Waals surface area contributed by atoms with Crippen LogP contribution >= 0.6 is 15.9 Å². The molecule has 3 heteroatoms. The smallest absolute Gasteiger partial charge is 0.161 e. The van der Waals surface area contributed by atoms with Crippen LogP contribution < -0.4 is 9.47 Å². The average molecular weight is 307 g/mol. The Hall–Kier alpha value is -1.48. The standard InChI is InChI=1S/C15H15BrO2/c1-2-17-14-8-3-4-9-15(14)18-11-12-6-5-7-13(16)10-12/h3-10H,2,11H2,1H3.